The summed E-state index contributed by atoms with van der Waals surface area (Å²) in [6, 6.07) is 7.38. The molecule has 0 amide bonds. The second-order valence-electron chi connectivity index (χ2n) is 3.71. The third-order valence-corrected chi connectivity index (χ3v) is 1.93. The van der Waals surface area contributed by atoms with Crippen LogP contribution in [0.1, 0.15) is 12.5 Å². The summed E-state index contributed by atoms with van der Waals surface area (Å²) in [7, 11) is 3.61. The summed E-state index contributed by atoms with van der Waals surface area (Å²) < 4.78 is 4.79. The largest absolute Gasteiger partial charge is 0.463 e. The van der Waals surface area contributed by atoms with Gasteiger partial charge in [0.05, 0.1) is 12.3 Å². The van der Waals surface area contributed by atoms with Gasteiger partial charge in [0.15, 0.2) is 0 Å². The van der Waals surface area contributed by atoms with Gasteiger partial charge in [-0.15, -0.1) is 5.11 Å². The van der Waals surface area contributed by atoms with E-state index in [1.54, 1.807) is 32.1 Å². The minimum Gasteiger partial charge on any atom is -0.463 e. The molecule has 0 aromatic heterocycles. The number of benzene rings is 1. The zero-order valence-corrected chi connectivity index (χ0v) is 10.8. The van der Waals surface area contributed by atoms with Gasteiger partial charge in [-0.05, 0) is 30.7 Å². The normalized spacial score (nSPS) is 11.1. The van der Waals surface area contributed by atoms with Crippen LogP contribution in [0.2, 0.25) is 0 Å². The van der Waals surface area contributed by atoms with E-state index in [1.165, 1.54) is 6.08 Å². The minimum absolute atomic E-state index is 0.339. The molecule has 0 saturated carbocycles. The summed E-state index contributed by atoms with van der Waals surface area (Å²) in [5.41, 5.74) is 1.67. The molecule has 1 aromatic carbocycles. The van der Waals surface area contributed by atoms with Crippen LogP contribution in [0.15, 0.2) is 40.7 Å². The van der Waals surface area contributed by atoms with Gasteiger partial charge in [0, 0.05) is 20.2 Å². The first-order chi connectivity index (χ1) is 8.61. The predicted octanol–water partition coefficient (Wildman–Crippen LogP) is 2.82. The summed E-state index contributed by atoms with van der Waals surface area (Å²) in [6.45, 7) is 2.16. The number of carbonyl (C=O) groups excluding carboxylic acids is 1. The molecule has 0 aliphatic heterocycles. The van der Waals surface area contributed by atoms with E-state index >= 15 is 0 Å². The maximum absolute atomic E-state index is 11.1. The van der Waals surface area contributed by atoms with E-state index < -0.39 is 0 Å². The average molecular weight is 247 g/mol. The van der Waals surface area contributed by atoms with Gasteiger partial charge in [-0.25, -0.2) is 4.79 Å². The van der Waals surface area contributed by atoms with Crippen molar-refractivity contribution in [3.63, 3.8) is 0 Å². The predicted molar refractivity (Wildman–Crippen MR) is 70.3 cm³/mol. The summed E-state index contributed by atoms with van der Waals surface area (Å²) in [5, 5.41) is 9.52. The number of nitrogens with zero attached hydrogens (tertiary/aromatic N) is 3. The number of hydrogen-bond acceptors (Lipinski definition) is 4. The first-order valence-corrected chi connectivity index (χ1v) is 5.65. The monoisotopic (exact) mass is 247 g/mol. The molecule has 96 valence electrons. The van der Waals surface area contributed by atoms with Crippen molar-refractivity contribution in [2.24, 2.45) is 10.3 Å². The quantitative estimate of drug-likeness (QED) is 0.348. The Bertz CT molecular complexity index is 436. The summed E-state index contributed by atoms with van der Waals surface area (Å²) in [5.74, 6) is -0.339. The zero-order valence-electron chi connectivity index (χ0n) is 10.8. The number of carbonyl (C=O) groups is 1. The van der Waals surface area contributed by atoms with Crippen molar-refractivity contribution in [3.8, 4) is 0 Å². The molecule has 0 N–H and O–H groups in total. The van der Waals surface area contributed by atoms with Crippen molar-refractivity contribution < 1.29 is 9.53 Å². The third-order valence-electron chi connectivity index (χ3n) is 1.93. The molecule has 5 heteroatoms. The number of ether oxygens (including phenoxy) is 1. The minimum atomic E-state index is -0.339. The van der Waals surface area contributed by atoms with E-state index in [4.69, 9.17) is 4.74 Å². The molecule has 0 saturated heterocycles. The van der Waals surface area contributed by atoms with Gasteiger partial charge in [0.25, 0.3) is 0 Å². The molecular formula is C13H17N3O2. The molecule has 0 atom stereocenters. The maximum atomic E-state index is 11.1. The smallest absolute Gasteiger partial charge is 0.330 e. The Kier molecular flexibility index (Phi) is 5.57. The van der Waals surface area contributed by atoms with Crippen LogP contribution in [0.25, 0.3) is 6.08 Å². The zero-order chi connectivity index (χ0) is 13.4. The molecule has 5 nitrogen and oxygen atoms in total. The van der Waals surface area contributed by atoms with Gasteiger partial charge in [-0.2, -0.15) is 0 Å². The van der Waals surface area contributed by atoms with Crippen molar-refractivity contribution in [2.45, 2.75) is 6.92 Å². The Morgan fingerprint density at radius 3 is 2.56 bits per heavy atom. The van der Waals surface area contributed by atoms with Crippen molar-refractivity contribution in [3.05, 3.63) is 35.9 Å². The van der Waals surface area contributed by atoms with Gasteiger partial charge in [-0.3, -0.25) is 5.01 Å². The molecule has 0 aliphatic carbocycles. The standard InChI is InChI=1S/C13H17N3O2/c1-4-18-13(17)10-7-11-5-8-12(9-6-11)14-15-16(2)3/h5-10H,4H2,1-3H3/b10-7-,15-14?. The lowest BCUT2D eigenvalue weighted by Gasteiger charge is -2.00. The molecule has 0 heterocycles. The lowest BCUT2D eigenvalue weighted by molar-refractivity contribution is -0.137. The van der Waals surface area contributed by atoms with Crippen LogP contribution >= 0.6 is 0 Å². The second kappa shape index (κ2) is 7.21. The maximum Gasteiger partial charge on any atom is 0.330 e. The second-order valence-corrected chi connectivity index (χ2v) is 3.71. The first-order valence-electron chi connectivity index (χ1n) is 5.65. The summed E-state index contributed by atoms with van der Waals surface area (Å²) in [6.07, 6.45) is 3.10. The molecule has 0 spiro atoms. The topological polar surface area (TPSA) is 54.3 Å². The van der Waals surface area contributed by atoms with Crippen molar-refractivity contribution in [1.29, 1.82) is 0 Å². The molecule has 0 aliphatic rings. The fourth-order valence-corrected chi connectivity index (χ4v) is 1.15. The molecule has 1 aromatic rings. The fraction of sp³-hybridized carbons (Fsp3) is 0.308. The number of esters is 1. The SMILES string of the molecule is CCOC(=O)/C=C\c1ccc(N=NN(C)C)cc1. The Labute approximate surface area is 107 Å². The van der Waals surface area contributed by atoms with E-state index in [1.807, 2.05) is 24.3 Å². The molecule has 18 heavy (non-hydrogen) atoms. The van der Waals surface area contributed by atoms with Crippen molar-refractivity contribution in [1.82, 2.24) is 5.01 Å². The summed E-state index contributed by atoms with van der Waals surface area (Å²) >= 11 is 0. The lowest BCUT2D eigenvalue weighted by atomic mass is 10.2. The highest BCUT2D eigenvalue weighted by atomic mass is 16.5. The van der Waals surface area contributed by atoms with Crippen LogP contribution in [0.4, 0.5) is 5.69 Å². The van der Waals surface area contributed by atoms with E-state index in [-0.39, 0.29) is 5.97 Å². The van der Waals surface area contributed by atoms with E-state index in [0.717, 1.165) is 11.3 Å². The van der Waals surface area contributed by atoms with Crippen LogP contribution in [0.5, 0.6) is 0 Å². The van der Waals surface area contributed by atoms with Crippen molar-refractivity contribution >= 4 is 17.7 Å². The van der Waals surface area contributed by atoms with Gasteiger partial charge >= 0.3 is 5.97 Å². The molecular weight excluding hydrogens is 230 g/mol. The molecule has 1 rings (SSSR count). The van der Waals surface area contributed by atoms with Crippen LogP contribution in [0, 0.1) is 0 Å². The van der Waals surface area contributed by atoms with Gasteiger partial charge in [0.2, 0.25) is 0 Å². The third kappa shape index (κ3) is 5.25. The molecule has 0 fully saturated rings. The first kappa shape index (κ1) is 13.9. The molecule has 0 radical (unpaired) electrons. The highest BCUT2D eigenvalue weighted by molar-refractivity contribution is 5.87. The van der Waals surface area contributed by atoms with Crippen LogP contribution in [0.3, 0.4) is 0 Å². The van der Waals surface area contributed by atoms with Gasteiger partial charge < -0.3 is 4.74 Å². The summed E-state index contributed by atoms with van der Waals surface area (Å²) in [4.78, 5) is 11.1. The lowest BCUT2D eigenvalue weighted by Crippen LogP contribution is -1.98. The Morgan fingerprint density at radius 1 is 1.33 bits per heavy atom. The highest BCUT2D eigenvalue weighted by Crippen LogP contribution is 2.14. The van der Waals surface area contributed by atoms with Gasteiger partial charge in [-0.1, -0.05) is 17.4 Å². The number of hydrogen-bond donors (Lipinski definition) is 0. The van der Waals surface area contributed by atoms with Gasteiger partial charge in [0.1, 0.15) is 0 Å². The van der Waals surface area contributed by atoms with Crippen LogP contribution < -0.4 is 0 Å². The van der Waals surface area contributed by atoms with Crippen LogP contribution in [-0.2, 0) is 9.53 Å². The number of rotatable bonds is 5. The Balaban J connectivity index is 2.63. The van der Waals surface area contributed by atoms with Crippen LogP contribution in [-0.4, -0.2) is 31.7 Å². The molecule has 0 bridgehead atoms. The fourth-order valence-electron chi connectivity index (χ4n) is 1.15. The van der Waals surface area contributed by atoms with E-state index in [2.05, 4.69) is 10.3 Å². The van der Waals surface area contributed by atoms with E-state index in [0.29, 0.717) is 6.61 Å². The highest BCUT2D eigenvalue weighted by Gasteiger charge is 1.94. The Morgan fingerprint density at radius 2 is 2.00 bits per heavy atom. The Hall–Kier alpha value is -2.17. The average Bonchev–Trinajstić information content (AvgIpc) is 2.35. The molecule has 0 unspecified atom stereocenters. The van der Waals surface area contributed by atoms with Crippen molar-refractivity contribution in [2.75, 3.05) is 20.7 Å². The van der Waals surface area contributed by atoms with E-state index in [9.17, 15) is 4.79 Å².